The quantitative estimate of drug-likeness (QED) is 0.754. The number of anilines is 1. The minimum absolute atomic E-state index is 0.128. The van der Waals surface area contributed by atoms with Gasteiger partial charge < -0.3 is 11.1 Å². The normalized spacial score (nSPS) is 13.1. The van der Waals surface area contributed by atoms with E-state index in [9.17, 15) is 13.2 Å². The van der Waals surface area contributed by atoms with Gasteiger partial charge in [-0.3, -0.25) is 4.79 Å². The first-order valence-electron chi connectivity index (χ1n) is 5.64. The lowest BCUT2D eigenvalue weighted by molar-refractivity contribution is -0.117. The zero-order valence-electron chi connectivity index (χ0n) is 10.4. The van der Waals surface area contributed by atoms with Gasteiger partial charge >= 0.3 is 0 Å². The summed E-state index contributed by atoms with van der Waals surface area (Å²) >= 11 is 5.88. The SMILES string of the molecule is CCCC(N)C(=O)Nc1cc(S(N)(=O)=O)ccc1Cl. The number of nitrogens with two attached hydrogens (primary N) is 2. The molecule has 1 atom stereocenters. The van der Waals surface area contributed by atoms with Crippen molar-refractivity contribution >= 4 is 33.2 Å². The Labute approximate surface area is 117 Å². The molecule has 0 spiro atoms. The van der Waals surface area contributed by atoms with Crippen LogP contribution in [0.3, 0.4) is 0 Å². The molecule has 5 N–H and O–H groups in total. The highest BCUT2D eigenvalue weighted by Gasteiger charge is 2.16. The number of halogens is 1. The van der Waals surface area contributed by atoms with Crippen molar-refractivity contribution in [1.29, 1.82) is 0 Å². The molecule has 0 aliphatic heterocycles. The molecule has 0 fully saturated rings. The second-order valence-corrected chi connectivity index (χ2v) is 6.04. The average molecular weight is 306 g/mol. The summed E-state index contributed by atoms with van der Waals surface area (Å²) in [7, 11) is -3.85. The van der Waals surface area contributed by atoms with Crippen LogP contribution in [0.15, 0.2) is 23.1 Å². The van der Waals surface area contributed by atoms with Gasteiger partial charge in [-0.15, -0.1) is 0 Å². The maximum Gasteiger partial charge on any atom is 0.241 e. The van der Waals surface area contributed by atoms with Crippen LogP contribution >= 0.6 is 11.6 Å². The Bertz CT molecular complexity index is 575. The molecule has 0 saturated heterocycles. The van der Waals surface area contributed by atoms with E-state index in [2.05, 4.69) is 5.32 Å². The van der Waals surface area contributed by atoms with Crippen molar-refractivity contribution in [3.8, 4) is 0 Å². The van der Waals surface area contributed by atoms with Gasteiger partial charge in [0.1, 0.15) is 0 Å². The second-order valence-electron chi connectivity index (χ2n) is 4.07. The molecule has 0 aliphatic rings. The fraction of sp³-hybridized carbons (Fsp3) is 0.364. The molecular formula is C11H16ClN3O3S. The number of primary sulfonamides is 1. The summed E-state index contributed by atoms with van der Waals surface area (Å²) in [6, 6.07) is 3.15. The van der Waals surface area contributed by atoms with Crippen molar-refractivity contribution in [3.63, 3.8) is 0 Å². The van der Waals surface area contributed by atoms with Gasteiger partial charge in [-0.25, -0.2) is 13.6 Å². The van der Waals surface area contributed by atoms with Crippen LogP contribution in [0.1, 0.15) is 19.8 Å². The van der Waals surface area contributed by atoms with E-state index in [1.165, 1.54) is 18.2 Å². The number of rotatable bonds is 5. The van der Waals surface area contributed by atoms with Crippen LogP contribution in [0, 0.1) is 0 Å². The number of hydrogen-bond acceptors (Lipinski definition) is 4. The van der Waals surface area contributed by atoms with Crippen molar-refractivity contribution in [2.24, 2.45) is 10.9 Å². The van der Waals surface area contributed by atoms with Crippen molar-refractivity contribution in [2.45, 2.75) is 30.7 Å². The van der Waals surface area contributed by atoms with Gasteiger partial charge in [0.2, 0.25) is 15.9 Å². The monoisotopic (exact) mass is 305 g/mol. The number of nitrogens with one attached hydrogen (secondary N) is 1. The predicted octanol–water partition coefficient (Wildman–Crippen LogP) is 1.05. The van der Waals surface area contributed by atoms with Crippen molar-refractivity contribution in [2.75, 3.05) is 5.32 Å². The second kappa shape index (κ2) is 6.33. The maximum atomic E-state index is 11.7. The smallest absolute Gasteiger partial charge is 0.241 e. The Kier molecular flexibility index (Phi) is 5.30. The molecule has 0 saturated carbocycles. The van der Waals surface area contributed by atoms with Crippen LogP contribution in [-0.4, -0.2) is 20.4 Å². The molecule has 8 heteroatoms. The summed E-state index contributed by atoms with van der Waals surface area (Å²) in [5.41, 5.74) is 5.82. The van der Waals surface area contributed by atoms with Crippen LogP contribution in [0.2, 0.25) is 5.02 Å². The average Bonchev–Trinajstić information content (AvgIpc) is 2.30. The maximum absolute atomic E-state index is 11.7. The summed E-state index contributed by atoms with van der Waals surface area (Å²) in [5.74, 6) is -0.421. The number of carbonyl (C=O) groups excluding carboxylic acids is 1. The van der Waals surface area contributed by atoms with Gasteiger partial charge in [-0.1, -0.05) is 24.9 Å². The van der Waals surface area contributed by atoms with Crippen molar-refractivity contribution in [3.05, 3.63) is 23.2 Å². The molecule has 0 aromatic heterocycles. The molecular weight excluding hydrogens is 290 g/mol. The lowest BCUT2D eigenvalue weighted by Gasteiger charge is -2.13. The van der Waals surface area contributed by atoms with E-state index in [-0.39, 0.29) is 15.6 Å². The van der Waals surface area contributed by atoms with Gasteiger partial charge in [-0.05, 0) is 24.6 Å². The van der Waals surface area contributed by atoms with Crippen LogP contribution in [0.5, 0.6) is 0 Å². The zero-order valence-corrected chi connectivity index (χ0v) is 12.0. The van der Waals surface area contributed by atoms with Gasteiger partial charge in [-0.2, -0.15) is 0 Å². The van der Waals surface area contributed by atoms with Crippen molar-refractivity contribution < 1.29 is 13.2 Å². The highest BCUT2D eigenvalue weighted by Crippen LogP contribution is 2.24. The summed E-state index contributed by atoms with van der Waals surface area (Å²) in [4.78, 5) is 11.6. The van der Waals surface area contributed by atoms with Crippen molar-refractivity contribution in [1.82, 2.24) is 0 Å². The van der Waals surface area contributed by atoms with E-state index in [1.807, 2.05) is 6.92 Å². The number of hydrogen-bond donors (Lipinski definition) is 3. The predicted molar refractivity (Wildman–Crippen MR) is 74.3 cm³/mol. The minimum Gasteiger partial charge on any atom is -0.323 e. The van der Waals surface area contributed by atoms with Gasteiger partial charge in [0.15, 0.2) is 0 Å². The molecule has 1 amide bonds. The lowest BCUT2D eigenvalue weighted by atomic mass is 10.1. The molecule has 6 nitrogen and oxygen atoms in total. The summed E-state index contributed by atoms with van der Waals surface area (Å²) < 4.78 is 22.4. The fourth-order valence-corrected chi connectivity index (χ4v) is 2.15. The Balaban J connectivity index is 2.98. The molecule has 0 aliphatic carbocycles. The van der Waals surface area contributed by atoms with E-state index in [1.54, 1.807) is 0 Å². The molecule has 1 aromatic carbocycles. The third-order valence-electron chi connectivity index (χ3n) is 2.46. The van der Waals surface area contributed by atoms with E-state index < -0.39 is 22.0 Å². The fourth-order valence-electron chi connectivity index (χ4n) is 1.44. The van der Waals surface area contributed by atoms with E-state index in [4.69, 9.17) is 22.5 Å². The molecule has 0 heterocycles. The lowest BCUT2D eigenvalue weighted by Crippen LogP contribution is -2.35. The molecule has 1 unspecified atom stereocenters. The number of sulfonamides is 1. The summed E-state index contributed by atoms with van der Waals surface area (Å²) in [5, 5.41) is 7.71. The van der Waals surface area contributed by atoms with E-state index in [0.29, 0.717) is 6.42 Å². The summed E-state index contributed by atoms with van der Waals surface area (Å²) in [6.07, 6.45) is 1.29. The first-order valence-corrected chi connectivity index (χ1v) is 7.57. The Morgan fingerprint density at radius 2 is 2.11 bits per heavy atom. The number of amides is 1. The zero-order chi connectivity index (χ0) is 14.6. The van der Waals surface area contributed by atoms with Gasteiger partial charge in [0.25, 0.3) is 0 Å². The first-order chi connectivity index (χ1) is 8.75. The largest absolute Gasteiger partial charge is 0.323 e. The number of carbonyl (C=O) groups is 1. The molecule has 0 radical (unpaired) electrons. The molecule has 19 heavy (non-hydrogen) atoms. The van der Waals surface area contributed by atoms with Gasteiger partial charge in [0.05, 0.1) is 21.6 Å². The molecule has 106 valence electrons. The van der Waals surface area contributed by atoms with E-state index >= 15 is 0 Å². The van der Waals surface area contributed by atoms with Gasteiger partial charge in [0, 0.05) is 0 Å². The molecule has 1 rings (SSSR count). The topological polar surface area (TPSA) is 115 Å². The highest BCUT2D eigenvalue weighted by molar-refractivity contribution is 7.89. The third kappa shape index (κ3) is 4.46. The summed E-state index contributed by atoms with van der Waals surface area (Å²) in [6.45, 7) is 1.90. The van der Waals surface area contributed by atoms with Crippen LogP contribution in [-0.2, 0) is 14.8 Å². The Hall–Kier alpha value is -1.15. The van der Waals surface area contributed by atoms with Crippen LogP contribution < -0.4 is 16.2 Å². The highest BCUT2D eigenvalue weighted by atomic mass is 35.5. The van der Waals surface area contributed by atoms with Crippen LogP contribution in [0.25, 0.3) is 0 Å². The Morgan fingerprint density at radius 1 is 1.47 bits per heavy atom. The minimum atomic E-state index is -3.85. The van der Waals surface area contributed by atoms with Crippen LogP contribution in [0.4, 0.5) is 5.69 Å². The Morgan fingerprint density at radius 3 is 2.63 bits per heavy atom. The standard InChI is InChI=1S/C11H16ClN3O3S/c1-2-3-9(13)11(16)15-10-6-7(19(14,17)18)4-5-8(10)12/h4-6,9H,2-3,13H2,1H3,(H,15,16)(H2,14,17,18). The van der Waals surface area contributed by atoms with E-state index in [0.717, 1.165) is 6.42 Å². The first kappa shape index (κ1) is 15.9. The third-order valence-corrected chi connectivity index (χ3v) is 3.70. The molecule has 0 bridgehead atoms. The number of benzene rings is 1. The molecule has 1 aromatic rings.